The molecule has 4 rings (SSSR count). The zero-order valence-electron chi connectivity index (χ0n) is 47.1. The van der Waals surface area contributed by atoms with E-state index >= 15 is 0 Å². The van der Waals surface area contributed by atoms with E-state index in [2.05, 4.69) is 31.9 Å². The van der Waals surface area contributed by atoms with Crippen molar-refractivity contribution in [2.24, 2.45) is 0 Å². The lowest BCUT2D eigenvalue weighted by Gasteiger charge is -2.46. The van der Waals surface area contributed by atoms with E-state index in [0.717, 1.165) is 0 Å². The summed E-state index contributed by atoms with van der Waals surface area (Å²) in [6.45, 7) is 0.172. The Kier molecular flexibility index (Phi) is 32.4. The van der Waals surface area contributed by atoms with Crippen LogP contribution in [0, 0.1) is 0 Å². The highest BCUT2D eigenvalue weighted by atomic mass is 16.8. The summed E-state index contributed by atoms with van der Waals surface area (Å²) in [6.07, 6.45) is -30.0. The molecule has 4 heterocycles. The lowest BCUT2D eigenvalue weighted by atomic mass is 9.96. The Morgan fingerprint density at radius 3 is 1.31 bits per heavy atom. The highest BCUT2D eigenvalue weighted by Gasteiger charge is 2.52. The Morgan fingerprint density at radius 2 is 0.810 bits per heavy atom. The predicted octanol–water partition coefficient (Wildman–Crippen LogP) is -10.6. The summed E-state index contributed by atoms with van der Waals surface area (Å²) in [5, 5.41) is 150. The lowest BCUT2D eigenvalue weighted by molar-refractivity contribution is -0.366. The second kappa shape index (κ2) is 37.6. The summed E-state index contributed by atoms with van der Waals surface area (Å²) in [7, 11) is 0. The molecule has 0 aromatic heterocycles. The van der Waals surface area contributed by atoms with Gasteiger partial charge in [0, 0.05) is 58.5 Å². The standard InChI is InChI=1S/C50H89N7O27/c1-3-51-29(60)9-5-4-6-12-52-32(63)19-57(20-33(64)53-13-7-10-30(61)55-15-17-77-47-42(73)39(70)35(66)25(2)80-47)21-34(65)54-14-8-11-31(62)56-16-18-78-49-45(76)46(84-50-44(75)41(72)37(68)27(23-59)82-50)38(69)28(83-49)24-79-48-43(74)40(71)36(67)26(22-58)81-48/h25-28,35-50,58-59,66-76H,3-24H2,1-2H3,(H,51,60)(H,52,63)(H,53,64)(H,54,65)(H,55,61)(H,56,62)/t25-,26+,27+,28+,35+,36+,37+,38+,39+,40-,41-,42-,43-,44-,45-,46-,47+,48-,49-,50+/m0/s1. The number of hydrogen-bond acceptors (Lipinski definition) is 28. The van der Waals surface area contributed by atoms with Crippen molar-refractivity contribution in [3.8, 4) is 0 Å². The van der Waals surface area contributed by atoms with Crippen LogP contribution in [0.5, 0.6) is 0 Å². The molecule has 4 aliphatic rings. The van der Waals surface area contributed by atoms with Crippen LogP contribution >= 0.6 is 0 Å². The van der Waals surface area contributed by atoms with E-state index < -0.39 is 173 Å². The van der Waals surface area contributed by atoms with Gasteiger partial charge in [0.15, 0.2) is 25.2 Å². The molecular formula is C50H89N7O27. The molecule has 6 amide bonds. The van der Waals surface area contributed by atoms with E-state index in [9.17, 15) is 95.2 Å². The van der Waals surface area contributed by atoms with Crippen LogP contribution in [-0.2, 0) is 66.7 Å². The quantitative estimate of drug-likeness (QED) is 0.0259. The van der Waals surface area contributed by atoms with E-state index in [-0.39, 0.29) is 96.5 Å². The summed E-state index contributed by atoms with van der Waals surface area (Å²) in [6, 6.07) is 0. The Balaban J connectivity index is 1.22. The van der Waals surface area contributed by atoms with Gasteiger partial charge in [-0.3, -0.25) is 33.7 Å². The van der Waals surface area contributed by atoms with Crippen LogP contribution in [0.15, 0.2) is 0 Å². The summed E-state index contributed by atoms with van der Waals surface area (Å²) >= 11 is 0. The molecule has 20 atom stereocenters. The van der Waals surface area contributed by atoms with E-state index in [1.165, 1.54) is 11.8 Å². The van der Waals surface area contributed by atoms with Crippen molar-refractivity contribution < 1.29 is 133 Å². The second-order valence-electron chi connectivity index (χ2n) is 20.6. The molecule has 486 valence electrons. The Morgan fingerprint density at radius 1 is 0.405 bits per heavy atom. The van der Waals surface area contributed by atoms with Gasteiger partial charge in [-0.2, -0.15) is 0 Å². The number of nitrogens with zero attached hydrogens (tertiary/aromatic N) is 1. The van der Waals surface area contributed by atoms with Crippen molar-refractivity contribution in [3.63, 3.8) is 0 Å². The second-order valence-corrected chi connectivity index (χ2v) is 20.6. The summed E-state index contributed by atoms with van der Waals surface area (Å²) < 4.78 is 44.1. The number of rotatable bonds is 36. The van der Waals surface area contributed by atoms with Gasteiger partial charge in [-0.25, -0.2) is 0 Å². The number of carbonyl (C=O) groups is 6. The van der Waals surface area contributed by atoms with Crippen LogP contribution < -0.4 is 31.9 Å². The van der Waals surface area contributed by atoms with Gasteiger partial charge in [0.1, 0.15) is 91.6 Å². The molecule has 4 fully saturated rings. The molecule has 0 spiro atoms. The molecule has 19 N–H and O–H groups in total. The third-order valence-corrected chi connectivity index (χ3v) is 14.0. The van der Waals surface area contributed by atoms with Gasteiger partial charge in [-0.05, 0) is 39.5 Å². The van der Waals surface area contributed by atoms with Crippen molar-refractivity contribution >= 4 is 35.4 Å². The number of ether oxygens (including phenoxy) is 8. The molecule has 0 aromatic carbocycles. The molecule has 4 aliphatic heterocycles. The minimum Gasteiger partial charge on any atom is -0.394 e. The zero-order valence-corrected chi connectivity index (χ0v) is 47.1. The third kappa shape index (κ3) is 23.2. The number of hydrogen-bond donors (Lipinski definition) is 19. The number of aliphatic hydroxyl groups is 13. The number of nitrogens with one attached hydrogen (secondary N) is 6. The normalized spacial score (nSPS) is 33.4. The molecule has 34 heteroatoms. The van der Waals surface area contributed by atoms with Crippen molar-refractivity contribution in [2.75, 3.05) is 91.9 Å². The minimum absolute atomic E-state index is 0.00488. The Bertz CT molecular complexity index is 1990. The van der Waals surface area contributed by atoms with Gasteiger partial charge in [0.25, 0.3) is 0 Å². The molecule has 0 bridgehead atoms. The smallest absolute Gasteiger partial charge is 0.234 e. The van der Waals surface area contributed by atoms with E-state index in [1.807, 2.05) is 6.92 Å². The van der Waals surface area contributed by atoms with Gasteiger partial charge < -0.3 is 136 Å². The molecule has 34 nitrogen and oxygen atoms in total. The van der Waals surface area contributed by atoms with Crippen molar-refractivity contribution in [1.82, 2.24) is 36.8 Å². The van der Waals surface area contributed by atoms with Gasteiger partial charge in [0.05, 0.1) is 58.8 Å². The highest BCUT2D eigenvalue weighted by Crippen LogP contribution is 2.31. The summed E-state index contributed by atoms with van der Waals surface area (Å²) in [5.74, 6) is -2.55. The lowest BCUT2D eigenvalue weighted by Crippen LogP contribution is -2.65. The molecular weight excluding hydrogens is 1130 g/mol. The van der Waals surface area contributed by atoms with Gasteiger partial charge >= 0.3 is 0 Å². The third-order valence-electron chi connectivity index (χ3n) is 14.0. The average molecular weight is 1220 g/mol. The fourth-order valence-corrected chi connectivity index (χ4v) is 9.13. The molecule has 84 heavy (non-hydrogen) atoms. The van der Waals surface area contributed by atoms with E-state index in [4.69, 9.17) is 37.9 Å². The van der Waals surface area contributed by atoms with Crippen LogP contribution in [0.4, 0.5) is 0 Å². The number of unbranched alkanes of at least 4 members (excludes halogenated alkanes) is 2. The minimum atomic E-state index is -1.96. The van der Waals surface area contributed by atoms with Crippen LogP contribution in [0.1, 0.15) is 65.2 Å². The maximum absolute atomic E-state index is 13.1. The SMILES string of the molecule is CCNC(=O)CCCCCNC(=O)CN(CC(=O)NCCCC(=O)NCCO[C@@H]1O[C@@H](C)[C@@H](O)[C@@H](O)[C@@H]1O)CC(=O)NCCCC(=O)NCCO[C@H]1O[C@H](CO[C@H]2O[C@H](CO)[C@@H](O)[C@H](O)[C@@H]2O)[C@@H](O)[C@H](O[C@H]2O[C@H](CO)[C@@H](O)[C@H](O)[C@@H]2O)[C@@H]1O. The zero-order chi connectivity index (χ0) is 62.0. The van der Waals surface area contributed by atoms with Crippen LogP contribution in [0.3, 0.4) is 0 Å². The average Bonchev–Trinajstić information content (AvgIpc) is 3.58. The van der Waals surface area contributed by atoms with Crippen molar-refractivity contribution in [3.05, 3.63) is 0 Å². The summed E-state index contributed by atoms with van der Waals surface area (Å²) in [5.41, 5.74) is 0. The van der Waals surface area contributed by atoms with Crippen molar-refractivity contribution in [1.29, 1.82) is 0 Å². The highest BCUT2D eigenvalue weighted by molar-refractivity contribution is 5.84. The fraction of sp³-hybridized carbons (Fsp3) is 0.880. The fourth-order valence-electron chi connectivity index (χ4n) is 9.13. The molecule has 0 saturated carbocycles. The molecule has 0 aliphatic carbocycles. The number of amides is 6. The first kappa shape index (κ1) is 72.4. The van der Waals surface area contributed by atoms with E-state index in [0.29, 0.717) is 32.2 Å². The van der Waals surface area contributed by atoms with Gasteiger partial charge in [0.2, 0.25) is 35.4 Å². The predicted molar refractivity (Wildman–Crippen MR) is 280 cm³/mol. The monoisotopic (exact) mass is 1220 g/mol. The molecule has 4 saturated heterocycles. The number of aliphatic hydroxyl groups excluding tert-OH is 13. The van der Waals surface area contributed by atoms with Crippen molar-refractivity contribution in [2.45, 2.75) is 188 Å². The van der Waals surface area contributed by atoms with Gasteiger partial charge in [-0.15, -0.1) is 0 Å². The van der Waals surface area contributed by atoms with Crippen LogP contribution in [0.25, 0.3) is 0 Å². The maximum Gasteiger partial charge on any atom is 0.234 e. The first-order valence-corrected chi connectivity index (χ1v) is 28.2. The van der Waals surface area contributed by atoms with Gasteiger partial charge in [-0.1, -0.05) is 6.42 Å². The Hall–Kier alpha value is -4.06. The first-order chi connectivity index (χ1) is 40.0. The number of carbonyl (C=O) groups excluding carboxylic acids is 6. The van der Waals surface area contributed by atoms with Crippen LogP contribution in [0.2, 0.25) is 0 Å². The largest absolute Gasteiger partial charge is 0.394 e. The molecule has 0 radical (unpaired) electrons. The Labute approximate surface area is 484 Å². The topological polar surface area (TPSA) is 515 Å². The molecule has 0 unspecified atom stereocenters. The van der Waals surface area contributed by atoms with E-state index in [1.54, 1.807) is 0 Å². The molecule has 0 aromatic rings. The van der Waals surface area contributed by atoms with Crippen LogP contribution in [-0.4, -0.2) is 321 Å². The summed E-state index contributed by atoms with van der Waals surface area (Å²) in [4.78, 5) is 77.2. The first-order valence-electron chi connectivity index (χ1n) is 28.2. The maximum atomic E-state index is 13.1.